The van der Waals surface area contributed by atoms with Crippen molar-refractivity contribution in [2.45, 2.75) is 75.0 Å². The molecule has 0 amide bonds. The van der Waals surface area contributed by atoms with Crippen molar-refractivity contribution in [1.82, 2.24) is 19.4 Å². The smallest absolute Gasteiger partial charge is 0.228 e. The first kappa shape index (κ1) is 22.9. The molecule has 2 heterocycles. The molecule has 1 aliphatic carbocycles. The van der Waals surface area contributed by atoms with Gasteiger partial charge >= 0.3 is 0 Å². The van der Waals surface area contributed by atoms with Crippen LogP contribution >= 0.6 is 0 Å². The number of imidazole rings is 1. The maximum Gasteiger partial charge on any atom is 0.228 e. The summed E-state index contributed by atoms with van der Waals surface area (Å²) >= 11 is 0. The fourth-order valence-corrected chi connectivity index (χ4v) is 6.08. The number of nitrogens with zero attached hydrogens (tertiary/aromatic N) is 4. The van der Waals surface area contributed by atoms with Gasteiger partial charge in [-0.1, -0.05) is 31.7 Å². The van der Waals surface area contributed by atoms with Crippen LogP contribution < -0.4 is 0 Å². The van der Waals surface area contributed by atoms with Gasteiger partial charge in [0.25, 0.3) is 0 Å². The molecule has 166 valence electrons. The van der Waals surface area contributed by atoms with Crippen LogP contribution in [0, 0.1) is 0 Å². The van der Waals surface area contributed by atoms with Crippen molar-refractivity contribution < 1.29 is 13.2 Å². The van der Waals surface area contributed by atoms with E-state index in [1.54, 1.807) is 19.5 Å². The molecule has 0 unspecified atom stereocenters. The Kier molecular flexibility index (Phi) is 8.02. The fourth-order valence-electron chi connectivity index (χ4n) is 4.11. The van der Waals surface area contributed by atoms with Crippen LogP contribution in [0.2, 0.25) is 0 Å². The summed E-state index contributed by atoms with van der Waals surface area (Å²) in [7, 11) is 0.182. The highest BCUT2D eigenvalue weighted by Crippen LogP contribution is 2.28. The van der Waals surface area contributed by atoms with Crippen LogP contribution in [0.1, 0.15) is 62.9 Å². The van der Waals surface area contributed by atoms with Crippen LogP contribution in [-0.4, -0.2) is 53.9 Å². The topological polar surface area (TPSA) is 77.3 Å². The summed E-state index contributed by atoms with van der Waals surface area (Å²) in [4.78, 5) is 11.0. The van der Waals surface area contributed by atoms with Crippen molar-refractivity contribution in [1.29, 1.82) is 0 Å². The van der Waals surface area contributed by atoms with Gasteiger partial charge in [-0.2, -0.15) is 0 Å². The number of pyridine rings is 1. The summed E-state index contributed by atoms with van der Waals surface area (Å²) in [6.45, 7) is 3.59. The highest BCUT2D eigenvalue weighted by atomic mass is 32.2. The van der Waals surface area contributed by atoms with Crippen LogP contribution in [0.5, 0.6) is 0 Å². The van der Waals surface area contributed by atoms with Gasteiger partial charge in [0.2, 0.25) is 15.0 Å². The van der Waals surface area contributed by atoms with E-state index in [9.17, 15) is 8.42 Å². The average molecular weight is 435 g/mol. The molecule has 0 spiro atoms. The predicted octanol–water partition coefficient (Wildman–Crippen LogP) is 3.61. The van der Waals surface area contributed by atoms with Crippen molar-refractivity contribution in [3.63, 3.8) is 0 Å². The summed E-state index contributed by atoms with van der Waals surface area (Å²) in [6.07, 6.45) is 9.13. The number of ether oxygens (including phenoxy) is 1. The van der Waals surface area contributed by atoms with E-state index < -0.39 is 9.84 Å². The largest absolute Gasteiger partial charge is 0.383 e. The van der Waals surface area contributed by atoms with Gasteiger partial charge in [-0.15, -0.1) is 0 Å². The molecule has 1 saturated carbocycles. The summed E-state index contributed by atoms with van der Waals surface area (Å²) in [5, 5.41) is -0.137. The number of rotatable bonds is 9. The molecular weight excluding hydrogens is 400 g/mol. The van der Waals surface area contributed by atoms with Gasteiger partial charge in [0.1, 0.15) is 0 Å². The highest BCUT2D eigenvalue weighted by molar-refractivity contribution is 7.91. The van der Waals surface area contributed by atoms with E-state index in [1.807, 2.05) is 29.8 Å². The Morgan fingerprint density at radius 3 is 2.57 bits per heavy atom. The molecule has 0 aromatic carbocycles. The van der Waals surface area contributed by atoms with Crippen LogP contribution in [0.3, 0.4) is 0 Å². The molecule has 0 bridgehead atoms. The van der Waals surface area contributed by atoms with Gasteiger partial charge in [0, 0.05) is 32.4 Å². The number of hydrogen-bond donors (Lipinski definition) is 0. The van der Waals surface area contributed by atoms with Gasteiger partial charge in [0.05, 0.1) is 29.4 Å². The quantitative estimate of drug-likeness (QED) is 0.561. The Labute approximate surface area is 180 Å². The Hall–Kier alpha value is -1.77. The second kappa shape index (κ2) is 10.5. The van der Waals surface area contributed by atoms with E-state index in [4.69, 9.17) is 4.74 Å². The molecule has 3 rings (SSSR count). The zero-order chi connectivity index (χ0) is 21.6. The number of sulfone groups is 1. The van der Waals surface area contributed by atoms with E-state index >= 15 is 0 Å². The minimum Gasteiger partial charge on any atom is -0.383 e. The third-order valence-corrected chi connectivity index (χ3v) is 8.29. The minimum absolute atomic E-state index is 0.0962. The van der Waals surface area contributed by atoms with Gasteiger partial charge in [-0.05, 0) is 38.9 Å². The van der Waals surface area contributed by atoms with Crippen LogP contribution in [0.15, 0.2) is 35.7 Å². The Balaban J connectivity index is 1.85. The zero-order valence-corrected chi connectivity index (χ0v) is 19.1. The maximum absolute atomic E-state index is 13.4. The molecule has 0 radical (unpaired) electrons. The van der Waals surface area contributed by atoms with Crippen molar-refractivity contribution in [2.75, 3.05) is 20.8 Å². The number of aromatic nitrogens is 3. The lowest BCUT2D eigenvalue weighted by Crippen LogP contribution is -2.27. The third-order valence-electron chi connectivity index (χ3n) is 6.10. The zero-order valence-electron chi connectivity index (χ0n) is 18.3. The molecule has 2 aromatic rings. The summed E-state index contributed by atoms with van der Waals surface area (Å²) in [6, 6.07) is 5.98. The first-order valence-electron chi connectivity index (χ1n) is 10.8. The van der Waals surface area contributed by atoms with E-state index in [0.29, 0.717) is 19.7 Å². The molecule has 0 saturated heterocycles. The predicted molar refractivity (Wildman–Crippen MR) is 117 cm³/mol. The lowest BCUT2D eigenvalue weighted by molar-refractivity contribution is 0.180. The molecule has 7 nitrogen and oxygen atoms in total. The lowest BCUT2D eigenvalue weighted by atomic mass is 10.2. The molecule has 0 N–H and O–H groups in total. The summed E-state index contributed by atoms with van der Waals surface area (Å²) in [5.41, 5.74) is 1.86. The normalized spacial score (nSPS) is 17.2. The standard InChI is InChI=1S/C22H34N4O3S/c1-18(21-12-8-9-13-23-21)25(2)17-19-16-24-22(26(19)14-15-29-3)30(27,28)20-10-6-4-5-7-11-20/h8-9,12-13,16,18,20H,4-7,10-11,14-15,17H2,1-3H3/t18-/m1/s1. The first-order valence-corrected chi connectivity index (χ1v) is 12.4. The van der Waals surface area contributed by atoms with Gasteiger partial charge in [0.15, 0.2) is 0 Å². The lowest BCUT2D eigenvalue weighted by Gasteiger charge is -2.25. The van der Waals surface area contributed by atoms with Gasteiger partial charge in [-0.3, -0.25) is 9.88 Å². The van der Waals surface area contributed by atoms with Crippen molar-refractivity contribution in [3.8, 4) is 0 Å². The van der Waals surface area contributed by atoms with E-state index in [1.165, 1.54) is 0 Å². The molecule has 1 atom stereocenters. The van der Waals surface area contributed by atoms with Crippen molar-refractivity contribution in [3.05, 3.63) is 42.0 Å². The summed E-state index contributed by atoms with van der Waals surface area (Å²) in [5.74, 6) is 0. The average Bonchev–Trinajstić information content (AvgIpc) is 2.96. The monoisotopic (exact) mass is 434 g/mol. The van der Waals surface area contributed by atoms with Gasteiger partial charge < -0.3 is 9.30 Å². The molecule has 8 heteroatoms. The Bertz CT molecular complexity index is 890. The summed E-state index contributed by atoms with van der Waals surface area (Å²) < 4.78 is 34.0. The van der Waals surface area contributed by atoms with Crippen LogP contribution in [0.4, 0.5) is 0 Å². The van der Waals surface area contributed by atoms with Crippen molar-refractivity contribution >= 4 is 9.84 Å². The number of methoxy groups -OCH3 is 1. The van der Waals surface area contributed by atoms with E-state index in [2.05, 4.69) is 21.8 Å². The number of hydrogen-bond acceptors (Lipinski definition) is 6. The second-order valence-corrected chi connectivity index (χ2v) is 10.3. The molecule has 0 aliphatic heterocycles. The van der Waals surface area contributed by atoms with Crippen molar-refractivity contribution in [2.24, 2.45) is 0 Å². The van der Waals surface area contributed by atoms with E-state index in [-0.39, 0.29) is 16.4 Å². The second-order valence-electron chi connectivity index (χ2n) is 8.18. The van der Waals surface area contributed by atoms with Crippen LogP contribution in [0.25, 0.3) is 0 Å². The molecule has 30 heavy (non-hydrogen) atoms. The Morgan fingerprint density at radius 2 is 1.93 bits per heavy atom. The third kappa shape index (κ3) is 5.28. The maximum atomic E-state index is 13.4. The first-order chi connectivity index (χ1) is 14.4. The molecule has 1 aliphatic rings. The highest BCUT2D eigenvalue weighted by Gasteiger charge is 2.33. The Morgan fingerprint density at radius 1 is 1.20 bits per heavy atom. The molecule has 2 aromatic heterocycles. The SMILES string of the molecule is COCCn1c(CN(C)[C@H](C)c2ccccn2)cnc1S(=O)(=O)C1CCCCCC1. The molecular formula is C22H34N4O3S. The van der Waals surface area contributed by atoms with E-state index in [0.717, 1.165) is 49.9 Å². The van der Waals surface area contributed by atoms with Gasteiger partial charge in [-0.25, -0.2) is 13.4 Å². The fraction of sp³-hybridized carbons (Fsp3) is 0.636. The molecule has 1 fully saturated rings. The minimum atomic E-state index is -3.47. The van der Waals surface area contributed by atoms with Crippen LogP contribution in [-0.2, 0) is 27.7 Å².